The summed E-state index contributed by atoms with van der Waals surface area (Å²) in [7, 11) is 0. The van der Waals surface area contributed by atoms with Crippen LogP contribution in [0.1, 0.15) is 11.3 Å². The Hall–Kier alpha value is -1.32. The van der Waals surface area contributed by atoms with Gasteiger partial charge in [-0.1, -0.05) is 17.3 Å². The third-order valence-electron chi connectivity index (χ3n) is 3.33. The van der Waals surface area contributed by atoms with Gasteiger partial charge in [0.05, 0.1) is 12.2 Å². The summed E-state index contributed by atoms with van der Waals surface area (Å²) in [5, 5.41) is 17.4. The first-order valence-corrected chi connectivity index (χ1v) is 7.38. The van der Waals surface area contributed by atoms with E-state index in [1.165, 1.54) is 0 Å². The molecule has 0 atom stereocenters. The number of benzene rings is 1. The van der Waals surface area contributed by atoms with E-state index in [0.29, 0.717) is 6.54 Å². The fraction of sp³-hybridized carbons (Fsp3) is 0.0526. The smallest absolute Gasteiger partial charge is 0.508 e. The van der Waals surface area contributed by atoms with Crippen LogP contribution in [0.15, 0.2) is 30.5 Å². The molecule has 0 aliphatic heterocycles. The summed E-state index contributed by atoms with van der Waals surface area (Å²) in [5.74, 6) is 1.35. The summed E-state index contributed by atoms with van der Waals surface area (Å²) >= 11 is 0. The standard InChI is InChI=1S/C14H12N3O.C5H5.Fe/c18-13-7-5-11(6-8-13)9-17-10-14(15-16-17)12-3-1-2-4-12;1-2-4-5-3-1;/h1-8,10,18H,9H2;1-5H;/q;;+2. The van der Waals surface area contributed by atoms with Crippen molar-refractivity contribution in [3.8, 4) is 5.75 Å². The molecule has 4 rings (SSSR count). The maximum Gasteiger partial charge on any atom is 2.00 e. The summed E-state index contributed by atoms with van der Waals surface area (Å²) < 4.78 is 1.79. The molecule has 120 valence electrons. The third-order valence-corrected chi connectivity index (χ3v) is 3.33. The van der Waals surface area contributed by atoms with E-state index in [0.717, 1.165) is 17.2 Å². The van der Waals surface area contributed by atoms with Gasteiger partial charge in [0.15, 0.2) is 0 Å². The van der Waals surface area contributed by atoms with Gasteiger partial charge in [-0.2, -0.15) is 0 Å². The van der Waals surface area contributed by atoms with Gasteiger partial charge in [0.25, 0.3) is 0 Å². The van der Waals surface area contributed by atoms with Crippen LogP contribution >= 0.6 is 0 Å². The maximum absolute atomic E-state index is 9.22. The van der Waals surface area contributed by atoms with Crippen LogP contribution in [0.25, 0.3) is 0 Å². The number of aromatic hydroxyl groups is 1. The topological polar surface area (TPSA) is 50.9 Å². The van der Waals surface area contributed by atoms with Crippen molar-refractivity contribution in [1.82, 2.24) is 15.0 Å². The van der Waals surface area contributed by atoms with E-state index in [-0.39, 0.29) is 22.8 Å². The van der Waals surface area contributed by atoms with Gasteiger partial charge < -0.3 is 5.11 Å². The van der Waals surface area contributed by atoms with E-state index in [1.54, 1.807) is 16.8 Å². The van der Waals surface area contributed by atoms with Gasteiger partial charge in [0.2, 0.25) is 0 Å². The SMILES string of the molecule is Oc1ccc(Cn2cc([C]3[CH][CH][CH][CH]3)nn2)cc1.[CH]1[CH][CH][CH][CH]1.[Fe+2]. The third kappa shape index (κ3) is 5.64. The molecule has 0 saturated heterocycles. The molecule has 0 spiro atoms. The largest absolute Gasteiger partial charge is 2.00 e. The Morgan fingerprint density at radius 3 is 2.00 bits per heavy atom. The Bertz CT molecular complexity index is 579. The molecule has 1 aromatic heterocycles. The molecule has 2 saturated carbocycles. The van der Waals surface area contributed by atoms with Gasteiger partial charge >= 0.3 is 17.1 Å². The van der Waals surface area contributed by atoms with Gasteiger partial charge in [0.1, 0.15) is 5.75 Å². The second kappa shape index (κ2) is 9.85. The minimum Gasteiger partial charge on any atom is -0.508 e. The van der Waals surface area contributed by atoms with Crippen molar-refractivity contribution in [2.24, 2.45) is 0 Å². The molecule has 1 heterocycles. The molecular formula is C19H17FeN3O+2. The Morgan fingerprint density at radius 1 is 0.833 bits per heavy atom. The van der Waals surface area contributed by atoms with Crippen LogP contribution in [-0.2, 0) is 23.6 Å². The van der Waals surface area contributed by atoms with Crippen molar-refractivity contribution in [2.75, 3.05) is 0 Å². The molecule has 5 heteroatoms. The molecule has 2 aromatic rings. The Kier molecular flexibility index (Phi) is 7.80. The minimum absolute atomic E-state index is 0. The number of rotatable bonds is 3. The van der Waals surface area contributed by atoms with Crippen molar-refractivity contribution in [3.63, 3.8) is 0 Å². The molecule has 2 fully saturated rings. The molecule has 1 N–H and O–H groups in total. The van der Waals surface area contributed by atoms with Crippen molar-refractivity contribution < 1.29 is 22.2 Å². The summed E-state index contributed by atoms with van der Waals surface area (Å²) in [5.41, 5.74) is 1.95. The quantitative estimate of drug-likeness (QED) is 0.858. The molecule has 2 aliphatic carbocycles. The van der Waals surface area contributed by atoms with Crippen LogP contribution in [0.2, 0.25) is 0 Å². The van der Waals surface area contributed by atoms with Crippen LogP contribution in [-0.4, -0.2) is 20.1 Å². The monoisotopic (exact) mass is 359 g/mol. The Balaban J connectivity index is 0.000000300. The van der Waals surface area contributed by atoms with Gasteiger partial charge in [0, 0.05) is 12.1 Å². The van der Waals surface area contributed by atoms with Crippen molar-refractivity contribution in [3.05, 3.63) is 105 Å². The molecule has 24 heavy (non-hydrogen) atoms. The van der Waals surface area contributed by atoms with Crippen molar-refractivity contribution in [1.29, 1.82) is 0 Å². The summed E-state index contributed by atoms with van der Waals surface area (Å²) in [6.45, 7) is 0.647. The number of phenols is 1. The average Bonchev–Trinajstić information content (AvgIpc) is 3.34. The zero-order chi connectivity index (χ0) is 15.9. The summed E-state index contributed by atoms with van der Waals surface area (Å²) in [6.07, 6.45) is 19.9. The maximum atomic E-state index is 9.22. The molecule has 0 amide bonds. The van der Waals surface area contributed by atoms with E-state index in [1.807, 2.05) is 76.1 Å². The summed E-state index contributed by atoms with van der Waals surface area (Å²) in [6, 6.07) is 7.09. The molecule has 1 aromatic carbocycles. The first-order chi connectivity index (χ1) is 11.3. The van der Waals surface area contributed by atoms with Gasteiger partial charge in [-0.25, -0.2) is 4.68 Å². The van der Waals surface area contributed by atoms with Crippen LogP contribution in [0.5, 0.6) is 5.75 Å². The molecule has 0 bridgehead atoms. The fourth-order valence-electron chi connectivity index (χ4n) is 2.16. The fourth-order valence-corrected chi connectivity index (χ4v) is 2.16. The van der Waals surface area contributed by atoms with Crippen LogP contribution in [0.4, 0.5) is 0 Å². The van der Waals surface area contributed by atoms with E-state index in [9.17, 15) is 5.11 Å². The molecule has 2 aliphatic rings. The first-order valence-electron chi connectivity index (χ1n) is 7.38. The first kappa shape index (κ1) is 19.0. The predicted octanol–water partition coefficient (Wildman–Crippen LogP) is 2.80. The van der Waals surface area contributed by atoms with E-state index in [2.05, 4.69) is 10.3 Å². The van der Waals surface area contributed by atoms with Gasteiger partial charge in [-0.3, -0.25) is 0 Å². The second-order valence-corrected chi connectivity index (χ2v) is 5.10. The van der Waals surface area contributed by atoms with Gasteiger partial charge in [-0.15, -0.1) is 5.10 Å². The molecular weight excluding hydrogens is 342 g/mol. The number of phenolic OH excluding ortho intramolecular Hbond substituents is 1. The van der Waals surface area contributed by atoms with Crippen LogP contribution in [0, 0.1) is 63.7 Å². The van der Waals surface area contributed by atoms with E-state index in [4.69, 9.17) is 0 Å². The van der Waals surface area contributed by atoms with Crippen LogP contribution < -0.4 is 0 Å². The molecule has 0 unspecified atom stereocenters. The number of aromatic nitrogens is 3. The van der Waals surface area contributed by atoms with Crippen LogP contribution in [0.3, 0.4) is 0 Å². The Labute approximate surface area is 155 Å². The zero-order valence-corrected chi connectivity index (χ0v) is 14.0. The van der Waals surface area contributed by atoms with E-state index < -0.39 is 0 Å². The average molecular weight is 359 g/mol. The summed E-state index contributed by atoms with van der Waals surface area (Å²) in [4.78, 5) is 0. The van der Waals surface area contributed by atoms with Crippen molar-refractivity contribution in [2.45, 2.75) is 6.54 Å². The minimum atomic E-state index is 0. The van der Waals surface area contributed by atoms with E-state index >= 15 is 0 Å². The normalized spacial score (nSPS) is 17.2. The predicted molar refractivity (Wildman–Crippen MR) is 88.3 cm³/mol. The second-order valence-electron chi connectivity index (χ2n) is 5.10. The molecule has 4 nitrogen and oxygen atoms in total. The Morgan fingerprint density at radius 2 is 1.42 bits per heavy atom. The molecule has 10 radical (unpaired) electrons. The number of hydrogen-bond donors (Lipinski definition) is 1. The van der Waals surface area contributed by atoms with Gasteiger partial charge in [-0.05, 0) is 75.5 Å². The zero-order valence-electron chi connectivity index (χ0n) is 12.9. The number of nitrogens with zero attached hydrogens (tertiary/aromatic N) is 3. The number of hydrogen-bond acceptors (Lipinski definition) is 3. The van der Waals surface area contributed by atoms with Crippen molar-refractivity contribution >= 4 is 0 Å².